The lowest BCUT2D eigenvalue weighted by Gasteiger charge is -2.42. The number of carbonyl (C=O) groups is 1. The van der Waals surface area contributed by atoms with Crippen LogP contribution < -0.4 is 10.6 Å². The van der Waals surface area contributed by atoms with E-state index in [9.17, 15) is 4.79 Å². The van der Waals surface area contributed by atoms with Gasteiger partial charge in [0.2, 0.25) is 5.91 Å². The van der Waals surface area contributed by atoms with Gasteiger partial charge in [0.1, 0.15) is 0 Å². The van der Waals surface area contributed by atoms with Crippen LogP contribution in [0.1, 0.15) is 44.6 Å². The van der Waals surface area contributed by atoms with E-state index in [0.717, 1.165) is 24.5 Å². The molecule has 0 aromatic heterocycles. The summed E-state index contributed by atoms with van der Waals surface area (Å²) in [5, 5.41) is 7.34. The highest BCUT2D eigenvalue weighted by atomic mass is 35.5. The lowest BCUT2D eigenvalue weighted by atomic mass is 9.75. The van der Waals surface area contributed by atoms with E-state index >= 15 is 0 Å². The zero-order valence-electron chi connectivity index (χ0n) is 13.9. The molecule has 1 aliphatic carbocycles. The first kappa shape index (κ1) is 16.8. The van der Waals surface area contributed by atoms with Gasteiger partial charge in [0, 0.05) is 24.2 Å². The van der Waals surface area contributed by atoms with Gasteiger partial charge in [-0.15, -0.1) is 0 Å². The number of halogens is 1. The van der Waals surface area contributed by atoms with E-state index in [4.69, 9.17) is 11.6 Å². The average molecular weight is 335 g/mol. The zero-order chi connectivity index (χ0) is 16.3. The summed E-state index contributed by atoms with van der Waals surface area (Å²) in [5.41, 5.74) is 0.882. The molecule has 0 spiro atoms. The zero-order valence-corrected chi connectivity index (χ0v) is 14.7. The molecule has 2 N–H and O–H groups in total. The fourth-order valence-electron chi connectivity index (χ4n) is 3.90. The van der Waals surface area contributed by atoms with Gasteiger partial charge in [-0.3, -0.25) is 4.79 Å². The summed E-state index contributed by atoms with van der Waals surface area (Å²) in [4.78, 5) is 12.9. The first-order chi connectivity index (χ1) is 11.1. The van der Waals surface area contributed by atoms with E-state index in [0.29, 0.717) is 5.92 Å². The topological polar surface area (TPSA) is 41.1 Å². The van der Waals surface area contributed by atoms with Gasteiger partial charge < -0.3 is 10.6 Å². The van der Waals surface area contributed by atoms with Crippen molar-refractivity contribution in [3.63, 3.8) is 0 Å². The molecule has 1 heterocycles. The molecule has 126 valence electrons. The number of hydrogen-bond donors (Lipinski definition) is 2. The van der Waals surface area contributed by atoms with Crippen LogP contribution in [0.3, 0.4) is 0 Å². The molecule has 1 aliphatic heterocycles. The Bertz CT molecular complexity index is 533. The highest BCUT2D eigenvalue weighted by Gasteiger charge is 2.44. The summed E-state index contributed by atoms with van der Waals surface area (Å²) in [6.45, 7) is 3.70. The molecule has 1 aromatic carbocycles. The molecular weight excluding hydrogens is 308 g/mol. The van der Waals surface area contributed by atoms with Gasteiger partial charge in [-0.2, -0.15) is 0 Å². The van der Waals surface area contributed by atoms with Crippen molar-refractivity contribution < 1.29 is 4.79 Å². The Kier molecular flexibility index (Phi) is 5.27. The number of benzene rings is 1. The van der Waals surface area contributed by atoms with Crippen molar-refractivity contribution in [2.24, 2.45) is 11.3 Å². The van der Waals surface area contributed by atoms with Crippen LogP contribution in [0.25, 0.3) is 0 Å². The van der Waals surface area contributed by atoms with Crippen molar-refractivity contribution in [2.45, 2.75) is 51.5 Å². The van der Waals surface area contributed by atoms with E-state index in [2.05, 4.69) is 17.6 Å². The fraction of sp³-hybridized carbons (Fsp3) is 0.632. The Morgan fingerprint density at radius 2 is 1.91 bits per heavy atom. The molecule has 0 radical (unpaired) electrons. The Morgan fingerprint density at radius 3 is 2.48 bits per heavy atom. The van der Waals surface area contributed by atoms with E-state index in [1.54, 1.807) is 0 Å². The van der Waals surface area contributed by atoms with Crippen molar-refractivity contribution >= 4 is 17.5 Å². The molecule has 1 amide bonds. The number of carbonyl (C=O) groups excluding carboxylic acids is 1. The number of hydrogen-bond acceptors (Lipinski definition) is 2. The molecule has 0 unspecified atom stereocenters. The molecule has 3 nitrogen and oxygen atoms in total. The minimum absolute atomic E-state index is 0.212. The predicted molar refractivity (Wildman–Crippen MR) is 94.6 cm³/mol. The van der Waals surface area contributed by atoms with Crippen molar-refractivity contribution in [2.75, 3.05) is 13.1 Å². The molecular formula is C19H27ClN2O. The molecule has 1 saturated carbocycles. The van der Waals surface area contributed by atoms with Crippen molar-refractivity contribution in [3.8, 4) is 0 Å². The summed E-state index contributed by atoms with van der Waals surface area (Å²) in [7, 11) is 0. The van der Waals surface area contributed by atoms with Gasteiger partial charge in [-0.05, 0) is 49.8 Å². The maximum absolute atomic E-state index is 12.9. The average Bonchev–Trinajstić information content (AvgIpc) is 2.53. The predicted octanol–water partition coefficient (Wildman–Crippen LogP) is 3.56. The third kappa shape index (κ3) is 3.89. The molecule has 2 aliphatic rings. The van der Waals surface area contributed by atoms with Crippen LogP contribution in [-0.2, 0) is 11.2 Å². The van der Waals surface area contributed by atoms with Crippen LogP contribution in [0.4, 0.5) is 0 Å². The number of nitrogens with one attached hydrogen (secondary N) is 2. The van der Waals surface area contributed by atoms with E-state index in [-0.39, 0.29) is 17.4 Å². The van der Waals surface area contributed by atoms with Crippen LogP contribution in [-0.4, -0.2) is 25.0 Å². The second-order valence-corrected chi connectivity index (χ2v) is 7.78. The van der Waals surface area contributed by atoms with E-state index < -0.39 is 0 Å². The van der Waals surface area contributed by atoms with E-state index in [1.165, 1.54) is 37.7 Å². The molecule has 3 rings (SSSR count). The van der Waals surface area contributed by atoms with Crippen LogP contribution >= 0.6 is 11.6 Å². The van der Waals surface area contributed by atoms with Crippen molar-refractivity contribution in [1.82, 2.24) is 10.6 Å². The first-order valence-corrected chi connectivity index (χ1v) is 9.23. The van der Waals surface area contributed by atoms with Crippen LogP contribution in [0.15, 0.2) is 24.3 Å². The number of rotatable bonds is 5. The third-order valence-electron chi connectivity index (χ3n) is 5.58. The SMILES string of the molecule is C[C@@H](NC(=O)C1(Cc2ccc(Cl)cc2)CNC1)C1CCCCC1. The number of amides is 1. The summed E-state index contributed by atoms with van der Waals surface area (Å²) in [6, 6.07) is 8.14. The van der Waals surface area contributed by atoms with Crippen molar-refractivity contribution in [1.29, 1.82) is 0 Å². The Hall–Kier alpha value is -1.06. The van der Waals surface area contributed by atoms with E-state index in [1.807, 2.05) is 24.3 Å². The van der Waals surface area contributed by atoms with Gasteiger partial charge in [-0.25, -0.2) is 0 Å². The highest BCUT2D eigenvalue weighted by molar-refractivity contribution is 6.30. The second-order valence-electron chi connectivity index (χ2n) is 7.35. The van der Waals surface area contributed by atoms with Gasteiger partial charge in [0.05, 0.1) is 5.41 Å². The molecule has 0 bridgehead atoms. The first-order valence-electron chi connectivity index (χ1n) is 8.85. The summed E-state index contributed by atoms with van der Waals surface area (Å²) in [5.74, 6) is 0.859. The lowest BCUT2D eigenvalue weighted by molar-refractivity contribution is -0.135. The minimum Gasteiger partial charge on any atom is -0.353 e. The second kappa shape index (κ2) is 7.23. The molecule has 1 aromatic rings. The quantitative estimate of drug-likeness (QED) is 0.864. The minimum atomic E-state index is -0.295. The van der Waals surface area contributed by atoms with Gasteiger partial charge >= 0.3 is 0 Å². The Labute approximate surface area is 144 Å². The largest absolute Gasteiger partial charge is 0.353 e. The molecule has 1 saturated heterocycles. The summed E-state index contributed by atoms with van der Waals surface area (Å²) >= 11 is 5.96. The fourth-order valence-corrected chi connectivity index (χ4v) is 4.02. The Morgan fingerprint density at radius 1 is 1.26 bits per heavy atom. The van der Waals surface area contributed by atoms with Crippen LogP contribution in [0.2, 0.25) is 5.02 Å². The van der Waals surface area contributed by atoms with Gasteiger partial charge in [0.25, 0.3) is 0 Å². The molecule has 2 fully saturated rings. The Balaban J connectivity index is 1.62. The van der Waals surface area contributed by atoms with Crippen LogP contribution in [0, 0.1) is 11.3 Å². The standard InChI is InChI=1S/C19H27ClN2O/c1-14(16-5-3-2-4-6-16)22-18(23)19(12-21-13-19)11-15-7-9-17(20)10-8-15/h7-10,14,16,21H,2-6,11-13H2,1H3,(H,22,23)/t14-/m1/s1. The normalized spacial score (nSPS) is 22.2. The molecule has 1 atom stereocenters. The molecule has 4 heteroatoms. The van der Waals surface area contributed by atoms with Gasteiger partial charge in [-0.1, -0.05) is 43.0 Å². The van der Waals surface area contributed by atoms with Gasteiger partial charge in [0.15, 0.2) is 0 Å². The smallest absolute Gasteiger partial charge is 0.229 e. The summed E-state index contributed by atoms with van der Waals surface area (Å²) in [6.07, 6.45) is 7.25. The maximum atomic E-state index is 12.9. The maximum Gasteiger partial charge on any atom is 0.229 e. The lowest BCUT2D eigenvalue weighted by Crippen LogP contribution is -2.63. The van der Waals surface area contributed by atoms with Crippen molar-refractivity contribution in [3.05, 3.63) is 34.9 Å². The monoisotopic (exact) mass is 334 g/mol. The highest BCUT2D eigenvalue weighted by Crippen LogP contribution is 2.31. The molecule has 23 heavy (non-hydrogen) atoms. The van der Waals surface area contributed by atoms with Crippen LogP contribution in [0.5, 0.6) is 0 Å². The third-order valence-corrected chi connectivity index (χ3v) is 5.83. The summed E-state index contributed by atoms with van der Waals surface area (Å²) < 4.78 is 0.